The number of carbonyl (C=O) groups is 1. The van der Waals surface area contributed by atoms with E-state index in [0.717, 1.165) is 37.4 Å². The number of amides is 1. The summed E-state index contributed by atoms with van der Waals surface area (Å²) >= 11 is 0. The average Bonchev–Trinajstić information content (AvgIpc) is 3.08. The summed E-state index contributed by atoms with van der Waals surface area (Å²) in [7, 11) is 0. The van der Waals surface area contributed by atoms with Crippen LogP contribution in [0.2, 0.25) is 0 Å². The topological polar surface area (TPSA) is 79.5 Å². The number of benzene rings is 1. The number of nitrogens with zero attached hydrogens (tertiary/aromatic N) is 2. The Hall–Kier alpha value is -2.70. The number of H-pyrrole nitrogens is 1. The highest BCUT2D eigenvalue weighted by Crippen LogP contribution is 2.31. The number of fused-ring (bicyclic) bond motifs is 1. The molecule has 7 nitrogen and oxygen atoms in total. The van der Waals surface area contributed by atoms with E-state index in [-0.39, 0.29) is 18.6 Å². The molecule has 0 bridgehead atoms. The van der Waals surface area contributed by atoms with Gasteiger partial charge >= 0.3 is 0 Å². The summed E-state index contributed by atoms with van der Waals surface area (Å²) in [5, 5.41) is 10.4. The summed E-state index contributed by atoms with van der Waals surface area (Å²) < 4.78 is 11.4. The number of aromatic nitrogens is 2. The van der Waals surface area contributed by atoms with Crippen molar-refractivity contribution in [3.63, 3.8) is 0 Å². The second kappa shape index (κ2) is 6.66. The molecular weight excluding hydrogens is 320 g/mol. The molecule has 0 spiro atoms. The van der Waals surface area contributed by atoms with Crippen LogP contribution < -0.4 is 19.7 Å². The van der Waals surface area contributed by atoms with Crippen molar-refractivity contribution >= 4 is 11.7 Å². The predicted octanol–water partition coefficient (Wildman–Crippen LogP) is 1.64. The SMILES string of the molecule is Cc1cc(N2CCC(NC(=O)[C@H]3COc4ccccc4O3)CC2)n[nH]1. The fourth-order valence-electron chi connectivity index (χ4n) is 3.26. The van der Waals surface area contributed by atoms with Gasteiger partial charge in [-0.05, 0) is 31.9 Å². The minimum absolute atomic E-state index is 0.108. The van der Waals surface area contributed by atoms with Crippen molar-refractivity contribution < 1.29 is 14.3 Å². The molecule has 1 aromatic carbocycles. The van der Waals surface area contributed by atoms with Crippen molar-refractivity contribution in [2.45, 2.75) is 31.9 Å². The molecule has 1 saturated heterocycles. The zero-order chi connectivity index (χ0) is 17.2. The van der Waals surface area contributed by atoms with E-state index in [1.807, 2.05) is 37.3 Å². The lowest BCUT2D eigenvalue weighted by molar-refractivity contribution is -0.131. The van der Waals surface area contributed by atoms with Crippen LogP contribution in [0, 0.1) is 6.92 Å². The Bertz CT molecular complexity index is 752. The van der Waals surface area contributed by atoms with Gasteiger partial charge < -0.3 is 19.7 Å². The smallest absolute Gasteiger partial charge is 0.264 e. The molecule has 2 N–H and O–H groups in total. The van der Waals surface area contributed by atoms with Crippen LogP contribution in [0.3, 0.4) is 0 Å². The monoisotopic (exact) mass is 342 g/mol. The molecule has 1 fully saturated rings. The van der Waals surface area contributed by atoms with E-state index >= 15 is 0 Å². The number of rotatable bonds is 3. The molecule has 0 aliphatic carbocycles. The fourth-order valence-corrected chi connectivity index (χ4v) is 3.26. The summed E-state index contributed by atoms with van der Waals surface area (Å²) in [6.45, 7) is 3.99. The number of carbonyl (C=O) groups excluding carboxylic acids is 1. The van der Waals surface area contributed by atoms with E-state index in [2.05, 4.69) is 20.4 Å². The Morgan fingerprint density at radius 1 is 1.28 bits per heavy atom. The molecule has 0 unspecified atom stereocenters. The van der Waals surface area contributed by atoms with Crippen LogP contribution in [-0.2, 0) is 4.79 Å². The van der Waals surface area contributed by atoms with Crippen LogP contribution in [0.25, 0.3) is 0 Å². The maximum atomic E-state index is 12.5. The second-order valence-electron chi connectivity index (χ2n) is 6.54. The van der Waals surface area contributed by atoms with Crippen LogP contribution in [0.4, 0.5) is 5.82 Å². The molecule has 25 heavy (non-hydrogen) atoms. The van der Waals surface area contributed by atoms with Crippen molar-refractivity contribution in [3.05, 3.63) is 36.0 Å². The van der Waals surface area contributed by atoms with Gasteiger partial charge in [-0.1, -0.05) is 12.1 Å². The lowest BCUT2D eigenvalue weighted by atomic mass is 10.0. The molecule has 3 heterocycles. The maximum Gasteiger partial charge on any atom is 0.264 e. The lowest BCUT2D eigenvalue weighted by Crippen LogP contribution is -2.51. The highest BCUT2D eigenvalue weighted by Gasteiger charge is 2.30. The number of anilines is 1. The molecule has 4 rings (SSSR count). The second-order valence-corrected chi connectivity index (χ2v) is 6.54. The van der Waals surface area contributed by atoms with Crippen LogP contribution in [-0.4, -0.2) is 47.9 Å². The van der Waals surface area contributed by atoms with E-state index < -0.39 is 6.10 Å². The number of aromatic amines is 1. The largest absolute Gasteiger partial charge is 0.485 e. The zero-order valence-corrected chi connectivity index (χ0v) is 14.2. The first kappa shape index (κ1) is 15.8. The number of hydrogen-bond acceptors (Lipinski definition) is 5. The summed E-state index contributed by atoms with van der Waals surface area (Å²) in [6.07, 6.45) is 1.19. The van der Waals surface area contributed by atoms with Gasteiger partial charge in [-0.25, -0.2) is 0 Å². The Labute approximate surface area is 146 Å². The lowest BCUT2D eigenvalue weighted by Gasteiger charge is -2.33. The summed E-state index contributed by atoms with van der Waals surface area (Å²) in [5.74, 6) is 2.18. The molecule has 2 aliphatic rings. The van der Waals surface area contributed by atoms with Gasteiger partial charge in [0.25, 0.3) is 5.91 Å². The highest BCUT2D eigenvalue weighted by atomic mass is 16.6. The van der Waals surface area contributed by atoms with Gasteiger partial charge in [-0.3, -0.25) is 9.89 Å². The molecular formula is C18H22N4O3. The van der Waals surface area contributed by atoms with Gasteiger partial charge in [0.05, 0.1) is 0 Å². The molecule has 2 aromatic rings. The molecule has 2 aliphatic heterocycles. The molecule has 0 saturated carbocycles. The molecule has 132 valence electrons. The third kappa shape index (κ3) is 3.40. The van der Waals surface area contributed by atoms with E-state index in [1.165, 1.54) is 0 Å². The van der Waals surface area contributed by atoms with Gasteiger partial charge in [0.15, 0.2) is 17.3 Å². The average molecular weight is 342 g/mol. The van der Waals surface area contributed by atoms with E-state index in [0.29, 0.717) is 11.5 Å². The molecule has 1 aromatic heterocycles. The Kier molecular flexibility index (Phi) is 4.21. The van der Waals surface area contributed by atoms with Crippen LogP contribution in [0.15, 0.2) is 30.3 Å². The number of hydrogen-bond donors (Lipinski definition) is 2. The molecule has 1 atom stereocenters. The fraction of sp³-hybridized carbons (Fsp3) is 0.444. The molecule has 0 radical (unpaired) electrons. The van der Waals surface area contributed by atoms with Gasteiger partial charge in [0.2, 0.25) is 6.10 Å². The molecule has 7 heteroatoms. The minimum atomic E-state index is -0.595. The van der Waals surface area contributed by atoms with E-state index in [9.17, 15) is 4.79 Å². The van der Waals surface area contributed by atoms with Crippen molar-refractivity contribution in [2.75, 3.05) is 24.6 Å². The van der Waals surface area contributed by atoms with Crippen molar-refractivity contribution in [1.29, 1.82) is 0 Å². The Morgan fingerprint density at radius 2 is 2.04 bits per heavy atom. The standard InChI is InChI=1S/C18H22N4O3/c1-12-10-17(21-20-12)22-8-6-13(7-9-22)19-18(23)16-11-24-14-4-2-3-5-15(14)25-16/h2-5,10,13,16H,6-9,11H2,1H3,(H,19,23)(H,20,21)/t16-/m1/s1. The maximum absolute atomic E-state index is 12.5. The number of ether oxygens (including phenoxy) is 2. The van der Waals surface area contributed by atoms with E-state index in [1.54, 1.807) is 0 Å². The van der Waals surface area contributed by atoms with Gasteiger partial charge in [0, 0.05) is 30.9 Å². The third-order valence-corrected chi connectivity index (χ3v) is 4.66. The Morgan fingerprint density at radius 3 is 2.76 bits per heavy atom. The van der Waals surface area contributed by atoms with E-state index in [4.69, 9.17) is 9.47 Å². The molecule has 1 amide bonds. The van der Waals surface area contributed by atoms with Crippen LogP contribution in [0.5, 0.6) is 11.5 Å². The first-order chi connectivity index (χ1) is 12.2. The number of aryl methyl sites for hydroxylation is 1. The van der Waals surface area contributed by atoms with Crippen LogP contribution >= 0.6 is 0 Å². The normalized spacial score (nSPS) is 20.4. The van der Waals surface area contributed by atoms with Gasteiger partial charge in [-0.15, -0.1) is 0 Å². The van der Waals surface area contributed by atoms with Crippen molar-refractivity contribution in [1.82, 2.24) is 15.5 Å². The number of piperidine rings is 1. The van der Waals surface area contributed by atoms with Gasteiger partial charge in [-0.2, -0.15) is 5.10 Å². The quantitative estimate of drug-likeness (QED) is 0.886. The third-order valence-electron chi connectivity index (χ3n) is 4.66. The first-order valence-electron chi connectivity index (χ1n) is 8.65. The van der Waals surface area contributed by atoms with Crippen molar-refractivity contribution in [3.8, 4) is 11.5 Å². The number of nitrogens with one attached hydrogen (secondary N) is 2. The minimum Gasteiger partial charge on any atom is -0.485 e. The summed E-state index contributed by atoms with van der Waals surface area (Å²) in [5.41, 5.74) is 1.06. The van der Waals surface area contributed by atoms with Crippen LogP contribution in [0.1, 0.15) is 18.5 Å². The summed E-state index contributed by atoms with van der Waals surface area (Å²) in [4.78, 5) is 14.7. The first-order valence-corrected chi connectivity index (χ1v) is 8.65. The summed E-state index contributed by atoms with van der Waals surface area (Å²) in [6, 6.07) is 9.62. The highest BCUT2D eigenvalue weighted by molar-refractivity contribution is 5.82. The Balaban J connectivity index is 1.29. The number of para-hydroxylation sites is 2. The zero-order valence-electron chi connectivity index (χ0n) is 14.2. The van der Waals surface area contributed by atoms with Gasteiger partial charge in [0.1, 0.15) is 6.61 Å². The van der Waals surface area contributed by atoms with Crippen molar-refractivity contribution in [2.24, 2.45) is 0 Å². The predicted molar refractivity (Wildman–Crippen MR) is 93.1 cm³/mol.